The van der Waals surface area contributed by atoms with Gasteiger partial charge in [-0.25, -0.2) is 4.98 Å². The van der Waals surface area contributed by atoms with Crippen LogP contribution in [0.2, 0.25) is 0 Å². The largest absolute Gasteiger partial charge is 0.282 e. The van der Waals surface area contributed by atoms with Gasteiger partial charge in [-0.15, -0.1) is 0 Å². The minimum Gasteiger partial charge on any atom is -0.267 e. The Morgan fingerprint density at radius 2 is 1.86 bits per heavy atom. The van der Waals surface area contributed by atoms with Gasteiger partial charge < -0.3 is 0 Å². The van der Waals surface area contributed by atoms with E-state index in [4.69, 9.17) is 0 Å². The SMILES string of the molecule is Cc1ccc(C)c(/C=N\n2c(C)nc3ccccc3c2=O)c1. The molecule has 0 amide bonds. The molecule has 0 fully saturated rings. The number of fused-ring (bicyclic) bond motifs is 1. The lowest BCUT2D eigenvalue weighted by Gasteiger charge is -2.06. The highest BCUT2D eigenvalue weighted by atomic mass is 16.1. The van der Waals surface area contributed by atoms with Gasteiger partial charge in [0.1, 0.15) is 5.82 Å². The van der Waals surface area contributed by atoms with Crippen LogP contribution in [0.25, 0.3) is 10.9 Å². The Morgan fingerprint density at radius 3 is 2.68 bits per heavy atom. The van der Waals surface area contributed by atoms with Gasteiger partial charge in [-0.2, -0.15) is 9.78 Å². The van der Waals surface area contributed by atoms with Gasteiger partial charge in [0.15, 0.2) is 0 Å². The highest BCUT2D eigenvalue weighted by Crippen LogP contribution is 2.10. The molecule has 2 aromatic carbocycles. The average molecular weight is 291 g/mol. The van der Waals surface area contributed by atoms with E-state index in [1.165, 1.54) is 4.68 Å². The third-order valence-corrected chi connectivity index (χ3v) is 3.66. The van der Waals surface area contributed by atoms with Gasteiger partial charge in [-0.3, -0.25) is 4.79 Å². The zero-order chi connectivity index (χ0) is 15.7. The molecular weight excluding hydrogens is 274 g/mol. The van der Waals surface area contributed by atoms with Gasteiger partial charge >= 0.3 is 0 Å². The van der Waals surface area contributed by atoms with Gasteiger partial charge in [0.2, 0.25) is 0 Å². The van der Waals surface area contributed by atoms with Crippen molar-refractivity contribution in [2.45, 2.75) is 20.8 Å². The first-order valence-corrected chi connectivity index (χ1v) is 7.16. The molecule has 0 radical (unpaired) electrons. The molecule has 0 saturated heterocycles. The van der Waals surface area contributed by atoms with Crippen LogP contribution in [-0.2, 0) is 0 Å². The van der Waals surface area contributed by atoms with Crippen molar-refractivity contribution in [3.8, 4) is 0 Å². The molecule has 0 bridgehead atoms. The van der Waals surface area contributed by atoms with E-state index in [1.54, 1.807) is 19.2 Å². The van der Waals surface area contributed by atoms with E-state index >= 15 is 0 Å². The summed E-state index contributed by atoms with van der Waals surface area (Å²) in [4.78, 5) is 17.0. The standard InChI is InChI=1S/C18H17N3O/c1-12-8-9-13(2)15(10-12)11-19-21-14(3)20-17-7-5-4-6-16(17)18(21)22/h4-11H,1-3H3/b19-11-. The molecule has 110 valence electrons. The Labute approximate surface area is 128 Å². The molecule has 1 heterocycles. The molecule has 0 spiro atoms. The molecule has 22 heavy (non-hydrogen) atoms. The van der Waals surface area contributed by atoms with Crippen LogP contribution in [0.1, 0.15) is 22.5 Å². The summed E-state index contributed by atoms with van der Waals surface area (Å²) in [5, 5.41) is 4.92. The second kappa shape index (κ2) is 5.56. The predicted octanol–water partition coefficient (Wildman–Crippen LogP) is 3.20. The first-order chi connectivity index (χ1) is 10.6. The molecule has 0 aliphatic carbocycles. The lowest BCUT2D eigenvalue weighted by atomic mass is 10.1. The molecule has 4 heteroatoms. The summed E-state index contributed by atoms with van der Waals surface area (Å²) in [6, 6.07) is 13.5. The summed E-state index contributed by atoms with van der Waals surface area (Å²) >= 11 is 0. The quantitative estimate of drug-likeness (QED) is 0.681. The van der Waals surface area contributed by atoms with E-state index in [2.05, 4.69) is 16.2 Å². The van der Waals surface area contributed by atoms with E-state index in [1.807, 2.05) is 44.2 Å². The van der Waals surface area contributed by atoms with E-state index in [-0.39, 0.29) is 5.56 Å². The Bertz CT molecular complexity index is 939. The van der Waals surface area contributed by atoms with Gasteiger partial charge in [0.25, 0.3) is 5.56 Å². The Balaban J connectivity index is 2.13. The van der Waals surface area contributed by atoms with Crippen LogP contribution >= 0.6 is 0 Å². The summed E-state index contributed by atoms with van der Waals surface area (Å²) in [5.74, 6) is 0.574. The minimum absolute atomic E-state index is 0.148. The maximum absolute atomic E-state index is 12.5. The molecule has 1 aromatic heterocycles. The van der Waals surface area contributed by atoms with Crippen LogP contribution in [-0.4, -0.2) is 15.9 Å². The fourth-order valence-corrected chi connectivity index (χ4v) is 2.39. The van der Waals surface area contributed by atoms with E-state index in [0.29, 0.717) is 16.7 Å². The fourth-order valence-electron chi connectivity index (χ4n) is 2.39. The molecule has 4 nitrogen and oxygen atoms in total. The number of para-hydroxylation sites is 1. The molecule has 0 N–H and O–H groups in total. The molecule has 0 atom stereocenters. The average Bonchev–Trinajstić information content (AvgIpc) is 2.50. The molecule has 3 aromatic rings. The fraction of sp³-hybridized carbons (Fsp3) is 0.167. The number of benzene rings is 2. The highest BCUT2D eigenvalue weighted by Gasteiger charge is 2.06. The topological polar surface area (TPSA) is 47.2 Å². The molecule has 0 aliphatic heterocycles. The lowest BCUT2D eigenvalue weighted by molar-refractivity contribution is 0.771. The third kappa shape index (κ3) is 2.55. The normalized spacial score (nSPS) is 11.4. The maximum Gasteiger partial charge on any atom is 0.282 e. The van der Waals surface area contributed by atoms with Crippen LogP contribution in [0.3, 0.4) is 0 Å². The van der Waals surface area contributed by atoms with Gasteiger partial charge in [-0.05, 0) is 44.0 Å². The number of aryl methyl sites for hydroxylation is 3. The van der Waals surface area contributed by atoms with Crippen LogP contribution < -0.4 is 5.56 Å². The van der Waals surface area contributed by atoms with E-state index < -0.39 is 0 Å². The molecule has 0 saturated carbocycles. The molecule has 0 unspecified atom stereocenters. The second-order valence-corrected chi connectivity index (χ2v) is 5.40. The highest BCUT2D eigenvalue weighted by molar-refractivity contribution is 5.82. The van der Waals surface area contributed by atoms with E-state index in [9.17, 15) is 4.79 Å². The number of nitrogens with zero attached hydrogens (tertiary/aromatic N) is 3. The number of hydrogen-bond acceptors (Lipinski definition) is 3. The third-order valence-electron chi connectivity index (χ3n) is 3.66. The van der Waals surface area contributed by atoms with Crippen molar-refractivity contribution in [1.29, 1.82) is 0 Å². The molecule has 0 aliphatic rings. The van der Waals surface area contributed by atoms with Crippen molar-refractivity contribution in [2.75, 3.05) is 0 Å². The van der Waals surface area contributed by atoms with Gasteiger partial charge in [0, 0.05) is 0 Å². The van der Waals surface area contributed by atoms with Crippen molar-refractivity contribution >= 4 is 17.1 Å². The van der Waals surface area contributed by atoms with Crippen molar-refractivity contribution in [3.63, 3.8) is 0 Å². The number of hydrogen-bond donors (Lipinski definition) is 0. The van der Waals surface area contributed by atoms with Crippen LogP contribution in [0, 0.1) is 20.8 Å². The first-order valence-electron chi connectivity index (χ1n) is 7.16. The molecular formula is C18H17N3O. The smallest absolute Gasteiger partial charge is 0.267 e. The summed E-state index contributed by atoms with van der Waals surface area (Å²) in [6.45, 7) is 5.84. The van der Waals surface area contributed by atoms with Crippen molar-refractivity contribution < 1.29 is 0 Å². The Morgan fingerprint density at radius 1 is 1.09 bits per heavy atom. The summed E-state index contributed by atoms with van der Waals surface area (Å²) in [7, 11) is 0. The lowest BCUT2D eigenvalue weighted by Crippen LogP contribution is -2.20. The molecule has 3 rings (SSSR count). The Kier molecular flexibility index (Phi) is 3.59. The van der Waals surface area contributed by atoms with Gasteiger partial charge in [0.05, 0.1) is 17.1 Å². The van der Waals surface area contributed by atoms with Crippen LogP contribution in [0.15, 0.2) is 52.4 Å². The summed E-state index contributed by atoms with van der Waals surface area (Å²) < 4.78 is 1.35. The summed E-state index contributed by atoms with van der Waals surface area (Å²) in [5.41, 5.74) is 3.83. The zero-order valence-electron chi connectivity index (χ0n) is 12.9. The number of aromatic nitrogens is 2. The monoisotopic (exact) mass is 291 g/mol. The van der Waals surface area contributed by atoms with Crippen LogP contribution in [0.4, 0.5) is 0 Å². The second-order valence-electron chi connectivity index (χ2n) is 5.40. The van der Waals surface area contributed by atoms with Crippen LogP contribution in [0.5, 0.6) is 0 Å². The first kappa shape index (κ1) is 14.2. The Hall–Kier alpha value is -2.75. The van der Waals surface area contributed by atoms with E-state index in [0.717, 1.165) is 16.7 Å². The zero-order valence-corrected chi connectivity index (χ0v) is 12.9. The maximum atomic E-state index is 12.5. The van der Waals surface area contributed by atoms with Crippen molar-refractivity contribution in [2.24, 2.45) is 5.10 Å². The van der Waals surface area contributed by atoms with Crippen molar-refractivity contribution in [3.05, 3.63) is 75.3 Å². The predicted molar refractivity (Wildman–Crippen MR) is 89.6 cm³/mol. The van der Waals surface area contributed by atoms with Gasteiger partial charge in [-0.1, -0.05) is 35.9 Å². The number of rotatable bonds is 2. The summed E-state index contributed by atoms with van der Waals surface area (Å²) in [6.07, 6.45) is 1.72. The minimum atomic E-state index is -0.148. The van der Waals surface area contributed by atoms with Crippen molar-refractivity contribution in [1.82, 2.24) is 9.66 Å².